The molecular weight excluding hydrogens is 508 g/mol. The highest BCUT2D eigenvalue weighted by Gasteiger charge is 2.46. The van der Waals surface area contributed by atoms with E-state index in [0.717, 1.165) is 62.2 Å². The Morgan fingerprint density at radius 1 is 1.05 bits per heavy atom. The fourth-order valence-electron chi connectivity index (χ4n) is 5.79. The van der Waals surface area contributed by atoms with Crippen molar-refractivity contribution < 1.29 is 28.9 Å². The van der Waals surface area contributed by atoms with Crippen LogP contribution in [0.2, 0.25) is 0 Å². The first-order valence-electron chi connectivity index (χ1n) is 14.6. The fourth-order valence-corrected chi connectivity index (χ4v) is 5.79. The van der Waals surface area contributed by atoms with Crippen LogP contribution in [0.25, 0.3) is 5.76 Å². The second-order valence-corrected chi connectivity index (χ2v) is 10.9. The number of benzene rings is 2. The van der Waals surface area contributed by atoms with Crippen LogP contribution in [0, 0.1) is 0 Å². The Balaban J connectivity index is 1.46. The number of Topliss-reactive ketones (excluding diaryl/α,β-unsaturated/α-hetero) is 1. The molecule has 2 fully saturated rings. The number of fused-ring (bicyclic) bond motifs is 1. The molecule has 2 aromatic rings. The molecule has 0 radical (unpaired) electrons. The number of unbranched alkanes of at least 4 members (excludes halogenated alkanes) is 2. The van der Waals surface area contributed by atoms with E-state index in [4.69, 9.17) is 14.2 Å². The molecule has 0 bridgehead atoms. The van der Waals surface area contributed by atoms with Crippen LogP contribution in [0.15, 0.2) is 48.0 Å². The number of carbonyl (C=O) groups excluding carboxylic acids is 2. The van der Waals surface area contributed by atoms with Gasteiger partial charge in [-0.25, -0.2) is 0 Å². The van der Waals surface area contributed by atoms with Gasteiger partial charge in [0, 0.05) is 38.2 Å². The molecule has 2 unspecified atom stereocenters. The van der Waals surface area contributed by atoms with Gasteiger partial charge >= 0.3 is 0 Å². The Kier molecular flexibility index (Phi) is 9.07. The number of nitrogens with zero attached hydrogens (tertiary/aromatic N) is 2. The van der Waals surface area contributed by atoms with Crippen molar-refractivity contribution >= 4 is 17.4 Å². The normalized spacial score (nSPS) is 22.4. The zero-order chi connectivity index (χ0) is 28.1. The molecule has 1 amide bonds. The topological polar surface area (TPSA) is 88.5 Å². The van der Waals surface area contributed by atoms with E-state index in [1.165, 1.54) is 0 Å². The zero-order valence-corrected chi connectivity index (χ0v) is 23.6. The van der Waals surface area contributed by atoms with Gasteiger partial charge < -0.3 is 24.2 Å². The molecule has 40 heavy (non-hydrogen) atoms. The molecule has 3 aliphatic heterocycles. The maximum Gasteiger partial charge on any atom is 0.295 e. The molecule has 2 saturated heterocycles. The zero-order valence-electron chi connectivity index (χ0n) is 23.6. The van der Waals surface area contributed by atoms with Crippen LogP contribution in [0.4, 0.5) is 0 Å². The third-order valence-corrected chi connectivity index (χ3v) is 7.88. The van der Waals surface area contributed by atoms with Crippen molar-refractivity contribution in [3.63, 3.8) is 0 Å². The molecule has 2 atom stereocenters. The minimum atomic E-state index is -0.702. The highest BCUT2D eigenvalue weighted by Crippen LogP contribution is 2.41. The van der Waals surface area contributed by atoms with Gasteiger partial charge in [-0.2, -0.15) is 0 Å². The molecule has 0 aliphatic carbocycles. The lowest BCUT2D eigenvalue weighted by molar-refractivity contribution is -0.140. The van der Waals surface area contributed by atoms with Crippen molar-refractivity contribution in [1.29, 1.82) is 0 Å². The van der Waals surface area contributed by atoms with Gasteiger partial charge in [0.05, 0.1) is 31.4 Å². The number of carbonyl (C=O) groups is 2. The average Bonchev–Trinajstić information content (AvgIpc) is 3.46. The molecule has 5 rings (SSSR count). The largest absolute Gasteiger partial charge is 0.507 e. The standard InChI is InChI=1S/C32H40N2O6/c1-3-4-5-16-39-26-9-6-8-23(21-26)29-28(30(35)24-10-11-27-25(20-24)19-22(2)40-27)31(36)32(37)34(29)13-7-12-33-14-17-38-18-15-33/h6,8-11,20-22,29,35H,3-5,7,12-19H2,1-2H3/b30-28-. The Morgan fingerprint density at radius 3 is 2.67 bits per heavy atom. The molecule has 0 aromatic heterocycles. The number of hydrogen-bond acceptors (Lipinski definition) is 7. The van der Waals surface area contributed by atoms with Crippen LogP contribution in [-0.2, 0) is 20.7 Å². The Morgan fingerprint density at radius 2 is 1.88 bits per heavy atom. The number of morpholine rings is 1. The van der Waals surface area contributed by atoms with E-state index in [1.807, 2.05) is 43.3 Å². The first-order valence-corrected chi connectivity index (χ1v) is 14.6. The van der Waals surface area contributed by atoms with E-state index in [-0.39, 0.29) is 17.4 Å². The van der Waals surface area contributed by atoms with Crippen molar-refractivity contribution in [3.8, 4) is 11.5 Å². The van der Waals surface area contributed by atoms with Crippen LogP contribution in [0.5, 0.6) is 11.5 Å². The highest BCUT2D eigenvalue weighted by atomic mass is 16.5. The molecule has 8 nitrogen and oxygen atoms in total. The molecule has 214 valence electrons. The molecule has 1 N–H and O–H groups in total. The summed E-state index contributed by atoms with van der Waals surface area (Å²) in [5.41, 5.74) is 2.36. The maximum atomic E-state index is 13.5. The minimum Gasteiger partial charge on any atom is -0.507 e. The average molecular weight is 549 g/mol. The summed E-state index contributed by atoms with van der Waals surface area (Å²) in [4.78, 5) is 30.9. The van der Waals surface area contributed by atoms with Gasteiger partial charge in [0.2, 0.25) is 0 Å². The van der Waals surface area contributed by atoms with Crippen LogP contribution in [0.1, 0.15) is 62.3 Å². The van der Waals surface area contributed by atoms with E-state index in [1.54, 1.807) is 11.0 Å². The summed E-state index contributed by atoms with van der Waals surface area (Å²) in [6.07, 6.45) is 4.66. The summed E-state index contributed by atoms with van der Waals surface area (Å²) in [6.45, 7) is 9.10. The third kappa shape index (κ3) is 6.18. The van der Waals surface area contributed by atoms with Gasteiger partial charge in [-0.1, -0.05) is 31.9 Å². The number of ether oxygens (including phenoxy) is 3. The SMILES string of the molecule is CCCCCOc1cccc(C2/C(=C(/O)c3ccc4c(c3)CC(C)O4)C(=O)C(=O)N2CCCN2CCOCC2)c1. The minimum absolute atomic E-state index is 0.0597. The summed E-state index contributed by atoms with van der Waals surface area (Å²) in [7, 11) is 0. The van der Waals surface area contributed by atoms with Gasteiger partial charge in [0.1, 0.15) is 23.4 Å². The fraction of sp³-hybridized carbons (Fsp3) is 0.500. The Hall–Kier alpha value is -3.36. The van der Waals surface area contributed by atoms with Crippen molar-refractivity contribution in [1.82, 2.24) is 9.80 Å². The number of aliphatic hydroxyl groups excluding tert-OH is 1. The first kappa shape index (κ1) is 28.2. The Bertz CT molecular complexity index is 1250. The number of likely N-dealkylation sites (tertiary alicyclic amines) is 1. The van der Waals surface area contributed by atoms with Crippen LogP contribution < -0.4 is 9.47 Å². The lowest BCUT2D eigenvalue weighted by atomic mass is 9.94. The number of aliphatic hydroxyl groups is 1. The smallest absolute Gasteiger partial charge is 0.295 e. The summed E-state index contributed by atoms with van der Waals surface area (Å²) in [5.74, 6) is 0.0816. The van der Waals surface area contributed by atoms with E-state index in [9.17, 15) is 14.7 Å². The molecule has 3 aliphatic rings. The van der Waals surface area contributed by atoms with E-state index < -0.39 is 17.7 Å². The number of ketones is 1. The third-order valence-electron chi connectivity index (χ3n) is 7.88. The molecule has 3 heterocycles. The molecule has 2 aromatic carbocycles. The van der Waals surface area contributed by atoms with Crippen LogP contribution in [0.3, 0.4) is 0 Å². The molecule has 8 heteroatoms. The maximum absolute atomic E-state index is 13.5. The lowest BCUT2D eigenvalue weighted by Gasteiger charge is -2.29. The van der Waals surface area contributed by atoms with Gasteiger partial charge in [-0.15, -0.1) is 0 Å². The first-order chi connectivity index (χ1) is 19.5. The number of amides is 1. The molecule has 0 spiro atoms. The van der Waals surface area contributed by atoms with Crippen molar-refractivity contribution in [2.24, 2.45) is 0 Å². The second kappa shape index (κ2) is 12.9. The highest BCUT2D eigenvalue weighted by molar-refractivity contribution is 6.46. The summed E-state index contributed by atoms with van der Waals surface area (Å²) >= 11 is 0. The van der Waals surface area contributed by atoms with Crippen molar-refractivity contribution in [2.75, 3.05) is 46.0 Å². The summed E-state index contributed by atoms with van der Waals surface area (Å²) in [6, 6.07) is 12.3. The number of hydrogen-bond donors (Lipinski definition) is 1. The summed E-state index contributed by atoms with van der Waals surface area (Å²) in [5, 5.41) is 11.5. The monoisotopic (exact) mass is 548 g/mol. The van der Waals surface area contributed by atoms with Crippen LogP contribution in [-0.4, -0.2) is 78.7 Å². The van der Waals surface area contributed by atoms with E-state index >= 15 is 0 Å². The van der Waals surface area contributed by atoms with Crippen LogP contribution >= 0.6 is 0 Å². The quantitative estimate of drug-likeness (QED) is 0.188. The van der Waals surface area contributed by atoms with Gasteiger partial charge in [-0.05, 0) is 61.2 Å². The van der Waals surface area contributed by atoms with Crippen molar-refractivity contribution in [2.45, 2.75) is 58.1 Å². The van der Waals surface area contributed by atoms with Gasteiger partial charge in [0.15, 0.2) is 0 Å². The number of rotatable bonds is 11. The van der Waals surface area contributed by atoms with Crippen molar-refractivity contribution in [3.05, 3.63) is 64.7 Å². The predicted octanol–water partition coefficient (Wildman–Crippen LogP) is 4.72. The van der Waals surface area contributed by atoms with E-state index in [2.05, 4.69) is 11.8 Å². The lowest BCUT2D eigenvalue weighted by Crippen LogP contribution is -2.38. The molecular formula is C32H40N2O6. The predicted molar refractivity (Wildman–Crippen MR) is 153 cm³/mol. The van der Waals surface area contributed by atoms with Gasteiger partial charge in [-0.3, -0.25) is 14.5 Å². The Labute approximate surface area is 236 Å². The van der Waals surface area contributed by atoms with E-state index in [0.29, 0.717) is 44.1 Å². The molecule has 0 saturated carbocycles. The second-order valence-electron chi connectivity index (χ2n) is 10.9. The van der Waals surface area contributed by atoms with Gasteiger partial charge in [0.25, 0.3) is 11.7 Å². The summed E-state index contributed by atoms with van der Waals surface area (Å²) < 4.78 is 17.3.